The molecule has 0 fully saturated rings. The Bertz CT molecular complexity index is 590. The maximum atomic E-state index is 4.79. The van der Waals surface area contributed by atoms with E-state index < -0.39 is 0 Å². The van der Waals surface area contributed by atoms with Crippen LogP contribution in [0.2, 0.25) is 0 Å². The lowest BCUT2D eigenvalue weighted by atomic mass is 9.78. The van der Waals surface area contributed by atoms with Gasteiger partial charge in [-0.3, -0.25) is 0 Å². The second kappa shape index (κ2) is 5.66. The average Bonchev–Trinajstić information content (AvgIpc) is 2.92. The van der Waals surface area contributed by atoms with Gasteiger partial charge in [-0.2, -0.15) is 0 Å². The molecule has 1 atom stereocenters. The van der Waals surface area contributed by atoms with Crippen molar-refractivity contribution >= 4 is 11.3 Å². The SMILES string of the molecule is CCCNC1(c2nc(C)cs2)CCc2ccccc2C1. The lowest BCUT2D eigenvalue weighted by Crippen LogP contribution is -2.47. The molecule has 0 bridgehead atoms. The minimum absolute atomic E-state index is 0.0449. The summed E-state index contributed by atoms with van der Waals surface area (Å²) in [7, 11) is 0. The summed E-state index contributed by atoms with van der Waals surface area (Å²) >= 11 is 1.81. The molecule has 0 aliphatic heterocycles. The Morgan fingerprint density at radius 1 is 1.30 bits per heavy atom. The Balaban J connectivity index is 1.96. The Morgan fingerprint density at radius 3 is 2.80 bits per heavy atom. The largest absolute Gasteiger partial charge is 0.305 e. The van der Waals surface area contributed by atoms with Crippen LogP contribution in [0.1, 0.15) is 41.6 Å². The topological polar surface area (TPSA) is 24.9 Å². The van der Waals surface area contributed by atoms with Crippen LogP contribution in [0.5, 0.6) is 0 Å². The van der Waals surface area contributed by atoms with Crippen LogP contribution in [0.3, 0.4) is 0 Å². The molecule has 1 aromatic carbocycles. The number of nitrogens with one attached hydrogen (secondary N) is 1. The molecule has 0 amide bonds. The van der Waals surface area contributed by atoms with Crippen LogP contribution in [0.15, 0.2) is 29.6 Å². The molecule has 1 aliphatic rings. The molecule has 1 N–H and O–H groups in total. The first kappa shape index (κ1) is 13.8. The van der Waals surface area contributed by atoms with Crippen molar-refractivity contribution in [2.45, 2.75) is 45.1 Å². The molecule has 1 aliphatic carbocycles. The first-order valence-corrected chi connectivity index (χ1v) is 8.36. The second-order valence-corrected chi connectivity index (χ2v) is 6.61. The molecule has 0 radical (unpaired) electrons. The van der Waals surface area contributed by atoms with E-state index in [2.05, 4.69) is 48.8 Å². The van der Waals surface area contributed by atoms with E-state index in [1.807, 2.05) is 0 Å². The summed E-state index contributed by atoms with van der Waals surface area (Å²) in [5.41, 5.74) is 4.18. The van der Waals surface area contributed by atoms with Gasteiger partial charge in [-0.1, -0.05) is 31.2 Å². The van der Waals surface area contributed by atoms with Crippen LogP contribution >= 0.6 is 11.3 Å². The molecule has 20 heavy (non-hydrogen) atoms. The fourth-order valence-electron chi connectivity index (χ4n) is 3.08. The second-order valence-electron chi connectivity index (χ2n) is 5.75. The molecule has 1 heterocycles. The van der Waals surface area contributed by atoms with Crippen molar-refractivity contribution in [3.8, 4) is 0 Å². The average molecular weight is 286 g/mol. The highest BCUT2D eigenvalue weighted by atomic mass is 32.1. The van der Waals surface area contributed by atoms with Gasteiger partial charge in [0.1, 0.15) is 5.01 Å². The van der Waals surface area contributed by atoms with Gasteiger partial charge in [-0.05, 0) is 50.3 Å². The minimum atomic E-state index is 0.0449. The zero-order valence-corrected chi connectivity index (χ0v) is 13.1. The number of thiazole rings is 1. The first-order valence-electron chi connectivity index (χ1n) is 7.48. The predicted molar refractivity (Wildman–Crippen MR) is 85.3 cm³/mol. The Morgan fingerprint density at radius 2 is 2.10 bits per heavy atom. The zero-order valence-electron chi connectivity index (χ0n) is 12.3. The molecule has 1 unspecified atom stereocenters. The lowest BCUT2D eigenvalue weighted by molar-refractivity contribution is 0.290. The van der Waals surface area contributed by atoms with E-state index >= 15 is 0 Å². The van der Waals surface area contributed by atoms with Gasteiger partial charge in [0, 0.05) is 11.1 Å². The fraction of sp³-hybridized carbons (Fsp3) is 0.471. The highest BCUT2D eigenvalue weighted by molar-refractivity contribution is 7.09. The van der Waals surface area contributed by atoms with E-state index in [0.29, 0.717) is 0 Å². The van der Waals surface area contributed by atoms with Gasteiger partial charge in [0.2, 0.25) is 0 Å². The number of benzene rings is 1. The zero-order chi connectivity index (χ0) is 14.0. The fourth-order valence-corrected chi connectivity index (χ4v) is 4.09. The van der Waals surface area contributed by atoms with Crippen molar-refractivity contribution in [2.24, 2.45) is 0 Å². The number of hydrogen-bond acceptors (Lipinski definition) is 3. The van der Waals surface area contributed by atoms with E-state index in [-0.39, 0.29) is 5.54 Å². The summed E-state index contributed by atoms with van der Waals surface area (Å²) in [5, 5.41) is 7.24. The highest BCUT2D eigenvalue weighted by Crippen LogP contribution is 2.37. The van der Waals surface area contributed by atoms with Crippen LogP contribution < -0.4 is 5.32 Å². The third kappa shape index (κ3) is 2.52. The van der Waals surface area contributed by atoms with Crippen molar-refractivity contribution < 1.29 is 0 Å². The van der Waals surface area contributed by atoms with Gasteiger partial charge in [0.15, 0.2) is 0 Å². The summed E-state index contributed by atoms with van der Waals surface area (Å²) in [6.07, 6.45) is 4.52. The van der Waals surface area contributed by atoms with Gasteiger partial charge in [-0.15, -0.1) is 11.3 Å². The summed E-state index contributed by atoms with van der Waals surface area (Å²) in [6, 6.07) is 8.85. The number of rotatable bonds is 4. The molecular formula is C17H22N2S. The standard InChI is InChI=1S/C17H22N2S/c1-3-10-18-17(16-19-13(2)12-20-16)9-8-14-6-4-5-7-15(14)11-17/h4-7,12,18H,3,8-11H2,1-2H3. The maximum absolute atomic E-state index is 4.79. The van der Waals surface area contributed by atoms with E-state index in [1.165, 1.54) is 16.1 Å². The van der Waals surface area contributed by atoms with Crippen LogP contribution in [0.4, 0.5) is 0 Å². The van der Waals surface area contributed by atoms with Gasteiger partial charge in [0.05, 0.1) is 5.54 Å². The van der Waals surface area contributed by atoms with E-state index in [4.69, 9.17) is 4.98 Å². The molecule has 3 rings (SSSR count). The van der Waals surface area contributed by atoms with E-state index in [9.17, 15) is 0 Å². The van der Waals surface area contributed by atoms with Gasteiger partial charge in [0.25, 0.3) is 0 Å². The summed E-state index contributed by atoms with van der Waals surface area (Å²) < 4.78 is 0. The van der Waals surface area contributed by atoms with E-state index in [0.717, 1.165) is 37.9 Å². The van der Waals surface area contributed by atoms with Crippen molar-refractivity contribution in [1.82, 2.24) is 10.3 Å². The molecule has 2 nitrogen and oxygen atoms in total. The molecule has 0 saturated heterocycles. The van der Waals surface area contributed by atoms with Crippen molar-refractivity contribution in [3.63, 3.8) is 0 Å². The Labute approximate surface area is 125 Å². The first-order chi connectivity index (χ1) is 9.73. The molecule has 0 spiro atoms. The van der Waals surface area contributed by atoms with Crippen LogP contribution in [-0.2, 0) is 18.4 Å². The number of nitrogens with zero attached hydrogens (tertiary/aromatic N) is 1. The normalized spacial score (nSPS) is 21.7. The molecule has 2 aromatic rings. The molecular weight excluding hydrogens is 264 g/mol. The Hall–Kier alpha value is -1.19. The van der Waals surface area contributed by atoms with Crippen LogP contribution in [0, 0.1) is 6.92 Å². The van der Waals surface area contributed by atoms with Gasteiger partial charge in [-0.25, -0.2) is 4.98 Å². The van der Waals surface area contributed by atoms with Crippen molar-refractivity contribution in [2.75, 3.05) is 6.54 Å². The third-order valence-electron chi connectivity index (χ3n) is 4.17. The van der Waals surface area contributed by atoms with Gasteiger partial charge >= 0.3 is 0 Å². The maximum Gasteiger partial charge on any atom is 0.113 e. The molecule has 106 valence electrons. The van der Waals surface area contributed by atoms with Gasteiger partial charge < -0.3 is 5.32 Å². The smallest absolute Gasteiger partial charge is 0.113 e. The number of aromatic nitrogens is 1. The van der Waals surface area contributed by atoms with Crippen LogP contribution in [-0.4, -0.2) is 11.5 Å². The molecule has 3 heteroatoms. The lowest BCUT2D eigenvalue weighted by Gasteiger charge is -2.37. The van der Waals surface area contributed by atoms with Crippen molar-refractivity contribution in [3.05, 3.63) is 51.5 Å². The summed E-state index contributed by atoms with van der Waals surface area (Å²) in [4.78, 5) is 4.79. The summed E-state index contributed by atoms with van der Waals surface area (Å²) in [6.45, 7) is 5.37. The minimum Gasteiger partial charge on any atom is -0.305 e. The number of hydrogen-bond donors (Lipinski definition) is 1. The highest BCUT2D eigenvalue weighted by Gasteiger charge is 2.37. The van der Waals surface area contributed by atoms with Crippen LogP contribution in [0.25, 0.3) is 0 Å². The monoisotopic (exact) mass is 286 g/mol. The number of fused-ring (bicyclic) bond motifs is 1. The number of aryl methyl sites for hydroxylation is 2. The molecule has 1 aromatic heterocycles. The Kier molecular flexibility index (Phi) is 3.90. The van der Waals surface area contributed by atoms with Crippen molar-refractivity contribution in [1.29, 1.82) is 0 Å². The third-order valence-corrected chi connectivity index (χ3v) is 5.34. The quantitative estimate of drug-likeness (QED) is 0.924. The summed E-state index contributed by atoms with van der Waals surface area (Å²) in [5.74, 6) is 0. The molecule has 0 saturated carbocycles. The van der Waals surface area contributed by atoms with E-state index in [1.54, 1.807) is 11.3 Å². The predicted octanol–water partition coefficient (Wildman–Crippen LogP) is 3.84.